The average molecular weight is 304 g/mol. The first-order chi connectivity index (χ1) is 10.3. The topological polar surface area (TPSA) is 64.3 Å². The van der Waals surface area contributed by atoms with Crippen LogP contribution < -0.4 is 10.6 Å². The molecular formula is C15H20N4OS. The summed E-state index contributed by atoms with van der Waals surface area (Å²) in [6.45, 7) is 4.81. The van der Waals surface area contributed by atoms with Gasteiger partial charge in [-0.1, -0.05) is 6.07 Å². The molecule has 6 heteroatoms. The minimum Gasteiger partial charge on any atom is -0.382 e. The molecule has 3 heterocycles. The number of rotatable bonds is 4. The van der Waals surface area contributed by atoms with Crippen LogP contribution in [-0.4, -0.2) is 35.2 Å². The number of nitrogen functional groups attached to an aromatic ring is 1. The van der Waals surface area contributed by atoms with E-state index in [-0.39, 0.29) is 0 Å². The van der Waals surface area contributed by atoms with Crippen molar-refractivity contribution in [2.45, 2.75) is 25.9 Å². The summed E-state index contributed by atoms with van der Waals surface area (Å²) >= 11 is 1.47. The molecule has 1 aliphatic rings. The highest BCUT2D eigenvalue weighted by molar-refractivity contribution is 7.11. The van der Waals surface area contributed by atoms with Gasteiger partial charge >= 0.3 is 0 Å². The number of piperidine rings is 1. The molecule has 2 N–H and O–H groups in total. The van der Waals surface area contributed by atoms with E-state index in [1.54, 1.807) is 6.20 Å². The molecule has 0 bridgehead atoms. The molecule has 2 aromatic heterocycles. The number of ether oxygens (including phenoxy) is 1. The van der Waals surface area contributed by atoms with Gasteiger partial charge in [0.05, 0.1) is 11.7 Å². The molecule has 1 saturated heterocycles. The van der Waals surface area contributed by atoms with Crippen molar-refractivity contribution in [1.29, 1.82) is 0 Å². The Morgan fingerprint density at radius 1 is 1.43 bits per heavy atom. The second kappa shape index (κ2) is 6.41. The predicted octanol–water partition coefficient (Wildman–Crippen LogP) is 2.79. The van der Waals surface area contributed by atoms with E-state index in [0.717, 1.165) is 48.7 Å². The van der Waals surface area contributed by atoms with Crippen LogP contribution in [0.25, 0.3) is 11.1 Å². The molecule has 5 nitrogen and oxygen atoms in total. The van der Waals surface area contributed by atoms with Crippen LogP contribution in [0, 0.1) is 0 Å². The number of anilines is 2. The molecule has 2 aromatic rings. The van der Waals surface area contributed by atoms with Crippen molar-refractivity contribution < 1.29 is 4.74 Å². The second-order valence-corrected chi connectivity index (χ2v) is 5.88. The van der Waals surface area contributed by atoms with Gasteiger partial charge in [-0.05, 0) is 37.4 Å². The van der Waals surface area contributed by atoms with E-state index in [2.05, 4.69) is 21.2 Å². The third-order valence-electron chi connectivity index (χ3n) is 3.78. The molecule has 0 spiro atoms. The van der Waals surface area contributed by atoms with Gasteiger partial charge in [-0.15, -0.1) is 0 Å². The molecule has 0 amide bonds. The summed E-state index contributed by atoms with van der Waals surface area (Å²) in [5.74, 6) is 0.593. The van der Waals surface area contributed by atoms with Crippen LogP contribution >= 0.6 is 11.5 Å². The fourth-order valence-electron chi connectivity index (χ4n) is 2.75. The van der Waals surface area contributed by atoms with Gasteiger partial charge in [0.25, 0.3) is 0 Å². The molecule has 1 aliphatic heterocycles. The van der Waals surface area contributed by atoms with E-state index < -0.39 is 0 Å². The summed E-state index contributed by atoms with van der Waals surface area (Å²) in [7, 11) is 0. The SMILES string of the molecule is CCOC1CCN(c2snc(N)c2-c2cccnc2)CC1. The molecule has 0 radical (unpaired) electrons. The highest BCUT2D eigenvalue weighted by atomic mass is 32.1. The summed E-state index contributed by atoms with van der Waals surface area (Å²) < 4.78 is 10.1. The van der Waals surface area contributed by atoms with Crippen LogP contribution in [0.15, 0.2) is 24.5 Å². The van der Waals surface area contributed by atoms with Crippen LogP contribution in [-0.2, 0) is 4.74 Å². The van der Waals surface area contributed by atoms with Gasteiger partial charge in [-0.25, -0.2) is 0 Å². The first-order valence-corrected chi connectivity index (χ1v) is 8.09. The lowest BCUT2D eigenvalue weighted by Gasteiger charge is -2.32. The fraction of sp³-hybridized carbons (Fsp3) is 0.467. The summed E-state index contributed by atoms with van der Waals surface area (Å²) in [6.07, 6.45) is 6.11. The summed E-state index contributed by atoms with van der Waals surface area (Å²) in [5, 5.41) is 1.15. The molecule has 112 valence electrons. The third kappa shape index (κ3) is 3.01. The summed E-state index contributed by atoms with van der Waals surface area (Å²) in [5.41, 5.74) is 8.12. The third-order valence-corrected chi connectivity index (χ3v) is 4.71. The van der Waals surface area contributed by atoms with Crippen LogP contribution in [0.5, 0.6) is 0 Å². The number of pyridine rings is 1. The zero-order chi connectivity index (χ0) is 14.7. The van der Waals surface area contributed by atoms with Gasteiger partial charge in [0.15, 0.2) is 0 Å². The molecule has 3 rings (SSSR count). The Morgan fingerprint density at radius 3 is 2.90 bits per heavy atom. The maximum absolute atomic E-state index is 6.08. The van der Waals surface area contributed by atoms with E-state index in [4.69, 9.17) is 10.5 Å². The minimum absolute atomic E-state index is 0.387. The molecule has 21 heavy (non-hydrogen) atoms. The number of aromatic nitrogens is 2. The van der Waals surface area contributed by atoms with Crippen molar-refractivity contribution in [3.05, 3.63) is 24.5 Å². The molecule has 0 aliphatic carbocycles. The fourth-order valence-corrected chi connectivity index (χ4v) is 3.64. The number of hydrogen-bond acceptors (Lipinski definition) is 6. The monoisotopic (exact) mass is 304 g/mol. The highest BCUT2D eigenvalue weighted by Gasteiger charge is 2.24. The van der Waals surface area contributed by atoms with Gasteiger partial charge in [0.1, 0.15) is 10.8 Å². The van der Waals surface area contributed by atoms with E-state index in [9.17, 15) is 0 Å². The smallest absolute Gasteiger partial charge is 0.147 e. The molecule has 0 atom stereocenters. The van der Waals surface area contributed by atoms with E-state index in [1.807, 2.05) is 18.3 Å². The number of nitrogens with two attached hydrogens (primary N) is 1. The first-order valence-electron chi connectivity index (χ1n) is 7.31. The molecule has 0 saturated carbocycles. The Bertz CT molecular complexity index is 579. The average Bonchev–Trinajstić information content (AvgIpc) is 2.91. The number of nitrogens with zero attached hydrogens (tertiary/aromatic N) is 3. The lowest BCUT2D eigenvalue weighted by Crippen LogP contribution is -2.36. The molecule has 1 fully saturated rings. The van der Waals surface area contributed by atoms with Gasteiger partial charge in [-0.3, -0.25) is 4.98 Å². The van der Waals surface area contributed by atoms with E-state index in [0.29, 0.717) is 11.9 Å². The van der Waals surface area contributed by atoms with E-state index in [1.165, 1.54) is 11.5 Å². The van der Waals surface area contributed by atoms with Crippen LogP contribution in [0.4, 0.5) is 10.8 Å². The van der Waals surface area contributed by atoms with Gasteiger partial charge in [0.2, 0.25) is 0 Å². The van der Waals surface area contributed by atoms with E-state index >= 15 is 0 Å². The van der Waals surface area contributed by atoms with Crippen molar-refractivity contribution in [2.24, 2.45) is 0 Å². The minimum atomic E-state index is 0.387. The Balaban J connectivity index is 1.81. The van der Waals surface area contributed by atoms with Crippen molar-refractivity contribution in [3.8, 4) is 11.1 Å². The Labute approximate surface area is 128 Å². The first kappa shape index (κ1) is 14.3. The maximum atomic E-state index is 6.08. The molecule has 0 unspecified atom stereocenters. The Kier molecular flexibility index (Phi) is 4.36. The van der Waals surface area contributed by atoms with Gasteiger partial charge in [-0.2, -0.15) is 4.37 Å². The van der Waals surface area contributed by atoms with Gasteiger partial charge in [0, 0.05) is 37.7 Å². The normalized spacial score (nSPS) is 16.3. The van der Waals surface area contributed by atoms with Crippen molar-refractivity contribution in [3.63, 3.8) is 0 Å². The van der Waals surface area contributed by atoms with Gasteiger partial charge < -0.3 is 15.4 Å². The van der Waals surface area contributed by atoms with Crippen LogP contribution in [0.3, 0.4) is 0 Å². The standard InChI is InChI=1S/C15H20N4OS/c1-2-20-12-5-8-19(9-6-12)15-13(14(16)18-21-15)11-4-3-7-17-10-11/h3-4,7,10,12H,2,5-6,8-9H2,1H3,(H2,16,18). The highest BCUT2D eigenvalue weighted by Crippen LogP contribution is 2.40. The maximum Gasteiger partial charge on any atom is 0.147 e. The Hall–Kier alpha value is -1.66. The lowest BCUT2D eigenvalue weighted by atomic mass is 10.1. The van der Waals surface area contributed by atoms with Crippen LogP contribution in [0.1, 0.15) is 19.8 Å². The predicted molar refractivity (Wildman–Crippen MR) is 86.6 cm³/mol. The molecule has 0 aromatic carbocycles. The second-order valence-electron chi connectivity index (χ2n) is 5.13. The largest absolute Gasteiger partial charge is 0.382 e. The quantitative estimate of drug-likeness (QED) is 0.941. The lowest BCUT2D eigenvalue weighted by molar-refractivity contribution is 0.0460. The zero-order valence-electron chi connectivity index (χ0n) is 12.2. The molecular weight excluding hydrogens is 284 g/mol. The Morgan fingerprint density at radius 2 is 2.24 bits per heavy atom. The number of hydrogen-bond donors (Lipinski definition) is 1. The van der Waals surface area contributed by atoms with Crippen molar-refractivity contribution in [1.82, 2.24) is 9.36 Å². The van der Waals surface area contributed by atoms with Crippen molar-refractivity contribution in [2.75, 3.05) is 30.3 Å². The van der Waals surface area contributed by atoms with Crippen LogP contribution in [0.2, 0.25) is 0 Å². The van der Waals surface area contributed by atoms with Crippen molar-refractivity contribution >= 4 is 22.4 Å². The zero-order valence-corrected chi connectivity index (χ0v) is 13.0. The summed E-state index contributed by atoms with van der Waals surface area (Å²) in [6, 6.07) is 3.96. The summed E-state index contributed by atoms with van der Waals surface area (Å²) in [4.78, 5) is 6.55.